The maximum atomic E-state index is 4.43. The molecule has 2 aromatic rings. The Hall–Kier alpha value is -2.41. The third-order valence-electron chi connectivity index (χ3n) is 5.31. The maximum absolute atomic E-state index is 4.43. The lowest BCUT2D eigenvalue weighted by Crippen LogP contribution is -2.48. The van der Waals surface area contributed by atoms with Gasteiger partial charge in [-0.2, -0.15) is 0 Å². The van der Waals surface area contributed by atoms with Crippen LogP contribution in [0.15, 0.2) is 41.8 Å². The second kappa shape index (κ2) is 10.8. The van der Waals surface area contributed by atoms with Gasteiger partial charge in [0, 0.05) is 64.4 Å². The molecule has 0 amide bonds. The van der Waals surface area contributed by atoms with E-state index in [-0.39, 0.29) is 0 Å². The average Bonchev–Trinajstić information content (AvgIpc) is 3.13. The van der Waals surface area contributed by atoms with E-state index < -0.39 is 0 Å². The Morgan fingerprint density at radius 2 is 2.04 bits per heavy atom. The van der Waals surface area contributed by atoms with Crippen LogP contribution < -0.4 is 10.6 Å². The van der Waals surface area contributed by atoms with Gasteiger partial charge in [-0.1, -0.05) is 6.07 Å². The van der Waals surface area contributed by atoms with Crippen molar-refractivity contribution >= 4 is 5.96 Å². The van der Waals surface area contributed by atoms with Gasteiger partial charge < -0.3 is 15.2 Å². The molecule has 2 N–H and O–H groups in total. The molecule has 0 aliphatic carbocycles. The summed E-state index contributed by atoms with van der Waals surface area (Å²) >= 11 is 0. The maximum Gasteiger partial charge on any atom is 0.191 e. The van der Waals surface area contributed by atoms with E-state index >= 15 is 0 Å². The number of pyridine rings is 1. The van der Waals surface area contributed by atoms with Crippen LogP contribution in [0.1, 0.15) is 37.2 Å². The largest absolute Gasteiger partial charge is 0.356 e. The molecule has 3 heterocycles. The van der Waals surface area contributed by atoms with E-state index in [4.69, 9.17) is 0 Å². The highest BCUT2D eigenvalue weighted by Gasteiger charge is 2.20. The molecule has 1 aliphatic heterocycles. The third-order valence-corrected chi connectivity index (χ3v) is 5.31. The van der Waals surface area contributed by atoms with Crippen LogP contribution in [0.3, 0.4) is 0 Å². The fraction of sp³-hybridized carbons (Fsp3) is 0.571. The van der Waals surface area contributed by atoms with Crippen LogP contribution in [0.4, 0.5) is 0 Å². The number of piperidine rings is 1. The third kappa shape index (κ3) is 6.34. The fourth-order valence-corrected chi connectivity index (χ4v) is 3.60. The van der Waals surface area contributed by atoms with Gasteiger partial charge in [-0.05, 0) is 44.7 Å². The Morgan fingerprint density at radius 1 is 1.18 bits per heavy atom. The SMILES string of the molecule is CN=C(NCCCCn1ccnc1C)NC1CCN(Cc2ccccn2)CC1. The van der Waals surface area contributed by atoms with E-state index in [2.05, 4.69) is 47.2 Å². The minimum atomic E-state index is 0.486. The molecule has 1 aliphatic rings. The van der Waals surface area contributed by atoms with Crippen LogP contribution in [-0.2, 0) is 13.1 Å². The lowest BCUT2D eigenvalue weighted by atomic mass is 10.0. The minimum Gasteiger partial charge on any atom is -0.356 e. The predicted molar refractivity (Wildman–Crippen MR) is 113 cm³/mol. The Bertz CT molecular complexity index is 717. The van der Waals surface area contributed by atoms with E-state index in [1.54, 1.807) is 0 Å². The van der Waals surface area contributed by atoms with Crippen LogP contribution in [-0.4, -0.2) is 58.1 Å². The topological polar surface area (TPSA) is 70.4 Å². The van der Waals surface area contributed by atoms with Crippen LogP contribution in [0.2, 0.25) is 0 Å². The number of imidazole rings is 1. The van der Waals surface area contributed by atoms with Gasteiger partial charge in [0.05, 0.1) is 5.69 Å². The van der Waals surface area contributed by atoms with E-state index in [1.807, 2.05) is 38.6 Å². The molecule has 1 saturated heterocycles. The normalized spacial score (nSPS) is 16.3. The molecule has 0 radical (unpaired) electrons. The fourth-order valence-electron chi connectivity index (χ4n) is 3.60. The summed E-state index contributed by atoms with van der Waals surface area (Å²) in [6.07, 6.45) is 10.3. The summed E-state index contributed by atoms with van der Waals surface area (Å²) in [5.41, 5.74) is 1.15. The van der Waals surface area contributed by atoms with Gasteiger partial charge in [0.2, 0.25) is 0 Å². The number of hydrogen-bond donors (Lipinski definition) is 2. The number of hydrogen-bond acceptors (Lipinski definition) is 4. The van der Waals surface area contributed by atoms with Crippen LogP contribution >= 0.6 is 0 Å². The molecular formula is C21H33N7. The Morgan fingerprint density at radius 3 is 2.71 bits per heavy atom. The van der Waals surface area contributed by atoms with Crippen LogP contribution in [0.25, 0.3) is 0 Å². The summed E-state index contributed by atoms with van der Waals surface area (Å²) in [7, 11) is 1.85. The number of nitrogens with one attached hydrogen (secondary N) is 2. The lowest BCUT2D eigenvalue weighted by Gasteiger charge is -2.32. The van der Waals surface area contributed by atoms with E-state index in [9.17, 15) is 0 Å². The summed E-state index contributed by atoms with van der Waals surface area (Å²) in [6.45, 7) is 7.13. The van der Waals surface area contributed by atoms with Crippen LogP contribution in [0, 0.1) is 6.92 Å². The van der Waals surface area contributed by atoms with E-state index in [0.29, 0.717) is 6.04 Å². The molecule has 0 bridgehead atoms. The van der Waals surface area contributed by atoms with Crippen molar-refractivity contribution in [2.45, 2.75) is 51.7 Å². The summed E-state index contributed by atoms with van der Waals surface area (Å²) in [5.74, 6) is 2.00. The number of aromatic nitrogens is 3. The second-order valence-corrected chi connectivity index (χ2v) is 7.39. The Kier molecular flexibility index (Phi) is 7.84. The molecule has 0 unspecified atom stereocenters. The number of likely N-dealkylation sites (tertiary alicyclic amines) is 1. The quantitative estimate of drug-likeness (QED) is 0.415. The van der Waals surface area contributed by atoms with Crippen molar-refractivity contribution in [2.75, 3.05) is 26.7 Å². The molecule has 0 atom stereocenters. The summed E-state index contributed by atoms with van der Waals surface area (Å²) < 4.78 is 2.20. The average molecular weight is 384 g/mol. The zero-order valence-electron chi connectivity index (χ0n) is 17.1. The minimum absolute atomic E-state index is 0.486. The van der Waals surface area contributed by atoms with Crippen molar-refractivity contribution in [2.24, 2.45) is 4.99 Å². The zero-order valence-corrected chi connectivity index (χ0v) is 17.1. The van der Waals surface area contributed by atoms with Crippen molar-refractivity contribution in [3.63, 3.8) is 0 Å². The summed E-state index contributed by atoms with van der Waals surface area (Å²) in [5, 5.41) is 7.04. The molecular weight excluding hydrogens is 350 g/mol. The number of nitrogens with zero attached hydrogens (tertiary/aromatic N) is 5. The molecule has 1 fully saturated rings. The molecule has 0 saturated carbocycles. The second-order valence-electron chi connectivity index (χ2n) is 7.39. The number of rotatable bonds is 8. The highest BCUT2D eigenvalue weighted by atomic mass is 15.2. The van der Waals surface area contributed by atoms with Crippen molar-refractivity contribution in [1.29, 1.82) is 0 Å². The first-order chi connectivity index (χ1) is 13.7. The first kappa shape index (κ1) is 20.3. The zero-order chi connectivity index (χ0) is 19.6. The number of guanidine groups is 1. The monoisotopic (exact) mass is 383 g/mol. The van der Waals surface area contributed by atoms with Crippen molar-refractivity contribution in [3.8, 4) is 0 Å². The van der Waals surface area contributed by atoms with Crippen molar-refractivity contribution in [1.82, 2.24) is 30.1 Å². The van der Waals surface area contributed by atoms with Gasteiger partial charge >= 0.3 is 0 Å². The summed E-state index contributed by atoms with van der Waals surface area (Å²) in [4.78, 5) is 15.6. The van der Waals surface area contributed by atoms with E-state index in [1.165, 1.54) is 0 Å². The van der Waals surface area contributed by atoms with Crippen molar-refractivity contribution < 1.29 is 0 Å². The lowest BCUT2D eigenvalue weighted by molar-refractivity contribution is 0.196. The summed E-state index contributed by atoms with van der Waals surface area (Å²) in [6, 6.07) is 6.62. The molecule has 152 valence electrons. The Balaban J connectivity index is 1.30. The van der Waals surface area contributed by atoms with Gasteiger partial charge in [-0.15, -0.1) is 0 Å². The predicted octanol–water partition coefficient (Wildman–Crippen LogP) is 2.20. The highest BCUT2D eigenvalue weighted by molar-refractivity contribution is 5.79. The van der Waals surface area contributed by atoms with E-state index in [0.717, 1.165) is 75.9 Å². The molecule has 28 heavy (non-hydrogen) atoms. The van der Waals surface area contributed by atoms with Crippen molar-refractivity contribution in [3.05, 3.63) is 48.3 Å². The molecule has 3 rings (SSSR count). The van der Waals surface area contributed by atoms with Gasteiger partial charge in [0.1, 0.15) is 5.82 Å². The number of unbranched alkanes of at least 4 members (excludes halogenated alkanes) is 1. The molecule has 2 aromatic heterocycles. The van der Waals surface area contributed by atoms with Crippen LogP contribution in [0.5, 0.6) is 0 Å². The number of aliphatic imine (C=N–C) groups is 1. The Labute approximate surface area is 168 Å². The first-order valence-corrected chi connectivity index (χ1v) is 10.3. The molecule has 0 aromatic carbocycles. The van der Waals surface area contributed by atoms with Gasteiger partial charge in [0.15, 0.2) is 5.96 Å². The van der Waals surface area contributed by atoms with Gasteiger partial charge in [-0.3, -0.25) is 14.9 Å². The molecule has 7 heteroatoms. The van der Waals surface area contributed by atoms with Gasteiger partial charge in [0.25, 0.3) is 0 Å². The standard InChI is InChI=1S/C21H33N7/c1-18-23-12-16-28(18)13-6-5-11-25-21(22-2)26-19-8-14-27(15-9-19)17-20-7-3-4-10-24-20/h3-4,7,10,12,16,19H,5-6,8-9,11,13-15,17H2,1-2H3,(H2,22,25,26). The highest BCUT2D eigenvalue weighted by Crippen LogP contribution is 2.12. The number of aryl methyl sites for hydroxylation is 2. The molecule has 0 spiro atoms. The van der Waals surface area contributed by atoms with Gasteiger partial charge in [-0.25, -0.2) is 4.98 Å². The first-order valence-electron chi connectivity index (χ1n) is 10.3. The smallest absolute Gasteiger partial charge is 0.191 e. The molecule has 7 nitrogen and oxygen atoms in total.